The Morgan fingerprint density at radius 3 is 2.68 bits per heavy atom. The number of halogens is 1. The van der Waals surface area contributed by atoms with Gasteiger partial charge in [0.25, 0.3) is 11.6 Å². The molecule has 0 aliphatic carbocycles. The molecular weight excluding hydrogens is 424 g/mol. The van der Waals surface area contributed by atoms with Gasteiger partial charge in [0.2, 0.25) is 0 Å². The van der Waals surface area contributed by atoms with Crippen molar-refractivity contribution in [3.8, 4) is 11.3 Å². The molecule has 0 saturated carbocycles. The van der Waals surface area contributed by atoms with Gasteiger partial charge in [-0.05, 0) is 45.0 Å². The number of pyridine rings is 2. The molecule has 1 N–H and O–H groups in total. The average molecular weight is 441 g/mol. The summed E-state index contributed by atoms with van der Waals surface area (Å²) in [7, 11) is 0. The number of furan rings is 1. The monoisotopic (exact) mass is 440 g/mol. The number of carbonyl (C=O) groups excluding carboxylic acids is 2. The van der Waals surface area contributed by atoms with E-state index in [1.165, 1.54) is 12.3 Å². The smallest absolute Gasteiger partial charge is 0.339 e. The first-order valence-corrected chi connectivity index (χ1v) is 9.62. The van der Waals surface area contributed by atoms with Gasteiger partial charge >= 0.3 is 5.97 Å². The summed E-state index contributed by atoms with van der Waals surface area (Å²) in [5.41, 5.74) is 2.05. The Hall–Kier alpha value is -3.72. The van der Waals surface area contributed by atoms with Crippen LogP contribution in [0.1, 0.15) is 27.6 Å². The highest BCUT2D eigenvalue weighted by Gasteiger charge is 2.22. The van der Waals surface area contributed by atoms with E-state index in [1.54, 1.807) is 26.0 Å². The molecule has 0 unspecified atom stereocenters. The maximum absolute atomic E-state index is 12.8. The topological polar surface area (TPSA) is 120 Å². The lowest BCUT2D eigenvalue weighted by Crippen LogP contribution is -2.21. The first-order valence-electron chi connectivity index (χ1n) is 9.25. The summed E-state index contributed by atoms with van der Waals surface area (Å²) in [6, 6.07) is 6.51. The number of ether oxygens (including phenoxy) is 1. The number of hydrogen-bond acceptors (Lipinski definition) is 8. The van der Waals surface area contributed by atoms with E-state index in [2.05, 4.69) is 20.4 Å². The molecule has 0 aromatic carbocycles. The van der Waals surface area contributed by atoms with Crippen LogP contribution in [-0.2, 0) is 9.53 Å². The minimum Gasteiger partial charge on any atom is -0.466 e. The standard InChI is InChI=1S/C21H17ClN4O5/c1-10-6-14(12(3)30-10)16-7-15(19-11(2)26-31-20(19)24-16)21(28)29-9-18(27)25-17-5-4-13(22)8-23-17/h4-8H,9H2,1-3H3,(H,23,25,27). The Morgan fingerprint density at radius 1 is 1.19 bits per heavy atom. The van der Waals surface area contributed by atoms with E-state index in [0.717, 1.165) is 0 Å². The Balaban J connectivity index is 1.58. The van der Waals surface area contributed by atoms with Crippen LogP contribution in [0.5, 0.6) is 0 Å². The minimum atomic E-state index is -0.711. The molecule has 4 rings (SSSR count). The van der Waals surface area contributed by atoms with E-state index in [9.17, 15) is 9.59 Å². The molecule has 0 aliphatic heterocycles. The van der Waals surface area contributed by atoms with Crippen molar-refractivity contribution in [1.29, 1.82) is 0 Å². The van der Waals surface area contributed by atoms with E-state index in [0.29, 0.717) is 44.7 Å². The molecule has 158 valence electrons. The molecule has 9 nitrogen and oxygen atoms in total. The molecule has 31 heavy (non-hydrogen) atoms. The zero-order valence-electron chi connectivity index (χ0n) is 16.9. The van der Waals surface area contributed by atoms with Crippen LogP contribution >= 0.6 is 11.6 Å². The van der Waals surface area contributed by atoms with Gasteiger partial charge in [-0.25, -0.2) is 14.8 Å². The average Bonchev–Trinajstić information content (AvgIpc) is 3.28. The number of carbonyl (C=O) groups is 2. The minimum absolute atomic E-state index is 0.189. The molecular formula is C21H17ClN4O5. The van der Waals surface area contributed by atoms with Gasteiger partial charge in [-0.15, -0.1) is 0 Å². The van der Waals surface area contributed by atoms with Crippen LogP contribution in [0, 0.1) is 20.8 Å². The molecule has 4 aromatic heterocycles. The van der Waals surface area contributed by atoms with E-state index in [4.69, 9.17) is 25.3 Å². The first kappa shape index (κ1) is 20.5. The van der Waals surface area contributed by atoms with Crippen molar-refractivity contribution >= 4 is 40.4 Å². The number of anilines is 1. The fraction of sp³-hybridized carbons (Fsp3) is 0.190. The van der Waals surface area contributed by atoms with Crippen LogP contribution in [-0.4, -0.2) is 33.6 Å². The van der Waals surface area contributed by atoms with Gasteiger partial charge < -0.3 is 19.0 Å². The van der Waals surface area contributed by atoms with Crippen molar-refractivity contribution in [2.45, 2.75) is 20.8 Å². The second-order valence-corrected chi connectivity index (χ2v) is 7.25. The largest absolute Gasteiger partial charge is 0.466 e. The summed E-state index contributed by atoms with van der Waals surface area (Å²) in [6.07, 6.45) is 1.40. The third kappa shape index (κ3) is 4.26. The summed E-state index contributed by atoms with van der Waals surface area (Å²) in [4.78, 5) is 33.4. The molecule has 0 bridgehead atoms. The van der Waals surface area contributed by atoms with Gasteiger partial charge in [0, 0.05) is 11.8 Å². The Kier molecular flexibility index (Phi) is 5.43. The number of nitrogens with one attached hydrogen (secondary N) is 1. The molecule has 0 aliphatic rings. The van der Waals surface area contributed by atoms with Crippen LogP contribution in [0.15, 0.2) is 39.4 Å². The van der Waals surface area contributed by atoms with Crippen molar-refractivity contribution in [1.82, 2.24) is 15.1 Å². The maximum Gasteiger partial charge on any atom is 0.339 e. The zero-order chi connectivity index (χ0) is 22.1. The SMILES string of the molecule is Cc1cc(-c2cc(C(=O)OCC(=O)Nc3ccc(Cl)cn3)c3c(C)noc3n2)c(C)o1. The molecule has 4 heterocycles. The van der Waals surface area contributed by atoms with Gasteiger partial charge in [-0.2, -0.15) is 0 Å². The van der Waals surface area contributed by atoms with Crippen molar-refractivity contribution in [2.24, 2.45) is 0 Å². The zero-order valence-corrected chi connectivity index (χ0v) is 17.6. The van der Waals surface area contributed by atoms with Crippen molar-refractivity contribution in [3.63, 3.8) is 0 Å². The van der Waals surface area contributed by atoms with E-state index < -0.39 is 18.5 Å². The van der Waals surface area contributed by atoms with Crippen LogP contribution in [0.4, 0.5) is 5.82 Å². The third-order valence-electron chi connectivity index (χ3n) is 4.48. The highest BCUT2D eigenvalue weighted by molar-refractivity contribution is 6.30. The number of rotatable bonds is 5. The van der Waals surface area contributed by atoms with Crippen LogP contribution < -0.4 is 5.32 Å². The van der Waals surface area contributed by atoms with E-state index in [-0.39, 0.29) is 11.3 Å². The fourth-order valence-corrected chi connectivity index (χ4v) is 3.23. The Bertz CT molecular complexity index is 1290. The number of nitrogens with zero attached hydrogens (tertiary/aromatic N) is 3. The number of fused-ring (bicyclic) bond motifs is 1. The first-order chi connectivity index (χ1) is 14.8. The normalized spacial score (nSPS) is 11.0. The lowest BCUT2D eigenvalue weighted by Gasteiger charge is -2.08. The highest BCUT2D eigenvalue weighted by Crippen LogP contribution is 2.30. The van der Waals surface area contributed by atoms with Crippen LogP contribution in [0.2, 0.25) is 5.02 Å². The predicted molar refractivity (Wildman–Crippen MR) is 112 cm³/mol. The van der Waals surface area contributed by atoms with Crippen molar-refractivity contribution in [2.75, 3.05) is 11.9 Å². The second-order valence-electron chi connectivity index (χ2n) is 6.82. The third-order valence-corrected chi connectivity index (χ3v) is 4.71. The number of aryl methyl sites for hydroxylation is 3. The van der Waals surface area contributed by atoms with Crippen LogP contribution in [0.25, 0.3) is 22.4 Å². The molecule has 0 saturated heterocycles. The van der Waals surface area contributed by atoms with Gasteiger partial charge in [0.05, 0.1) is 27.4 Å². The molecule has 1 amide bonds. The number of aromatic nitrogens is 3. The molecule has 0 atom stereocenters. The number of amides is 1. The molecule has 0 spiro atoms. The quantitative estimate of drug-likeness (QED) is 0.457. The predicted octanol–water partition coefficient (Wildman–Crippen LogP) is 4.25. The highest BCUT2D eigenvalue weighted by atomic mass is 35.5. The summed E-state index contributed by atoms with van der Waals surface area (Å²) < 4.78 is 16.0. The van der Waals surface area contributed by atoms with Gasteiger partial charge in [0.1, 0.15) is 17.3 Å². The summed E-state index contributed by atoms with van der Waals surface area (Å²) >= 11 is 5.77. The van der Waals surface area contributed by atoms with E-state index >= 15 is 0 Å². The second kappa shape index (κ2) is 8.19. The summed E-state index contributed by atoms with van der Waals surface area (Å²) in [5.74, 6) is 0.392. The van der Waals surface area contributed by atoms with E-state index in [1.807, 2.05) is 13.0 Å². The van der Waals surface area contributed by atoms with Crippen molar-refractivity contribution < 1.29 is 23.3 Å². The summed E-state index contributed by atoms with van der Waals surface area (Å²) in [6.45, 7) is 4.80. The molecule has 0 fully saturated rings. The van der Waals surface area contributed by atoms with Crippen LogP contribution in [0.3, 0.4) is 0 Å². The lowest BCUT2D eigenvalue weighted by molar-refractivity contribution is -0.119. The number of esters is 1. The van der Waals surface area contributed by atoms with Gasteiger partial charge in [-0.1, -0.05) is 16.8 Å². The molecule has 4 aromatic rings. The lowest BCUT2D eigenvalue weighted by atomic mass is 10.1. The van der Waals surface area contributed by atoms with Crippen molar-refractivity contribution in [3.05, 3.63) is 58.3 Å². The Labute approximate surface area is 181 Å². The maximum atomic E-state index is 12.8. The summed E-state index contributed by atoms with van der Waals surface area (Å²) in [5, 5.41) is 7.28. The number of hydrogen-bond donors (Lipinski definition) is 1. The Morgan fingerprint density at radius 2 is 2.00 bits per heavy atom. The molecule has 0 radical (unpaired) electrons. The van der Waals surface area contributed by atoms with Gasteiger partial charge in [0.15, 0.2) is 6.61 Å². The van der Waals surface area contributed by atoms with Gasteiger partial charge in [-0.3, -0.25) is 4.79 Å². The molecule has 10 heteroatoms. The fourth-order valence-electron chi connectivity index (χ4n) is 3.12.